The van der Waals surface area contributed by atoms with Crippen LogP contribution in [0.3, 0.4) is 0 Å². The highest BCUT2D eigenvalue weighted by Crippen LogP contribution is 2.27. The van der Waals surface area contributed by atoms with Gasteiger partial charge in [-0.25, -0.2) is 18.4 Å². The Morgan fingerprint density at radius 1 is 0.848 bits per heavy atom. The van der Waals surface area contributed by atoms with E-state index in [1.54, 1.807) is 12.1 Å². The summed E-state index contributed by atoms with van der Waals surface area (Å²) < 4.78 is 33.4. The molecule has 1 fully saturated rings. The average Bonchev–Trinajstić information content (AvgIpc) is 2.88. The maximum atomic E-state index is 13.3. The van der Waals surface area contributed by atoms with Crippen LogP contribution in [0.15, 0.2) is 83.8 Å². The molecular formula is C25H24N4O3S. The van der Waals surface area contributed by atoms with Crippen LogP contribution in [0, 0.1) is 0 Å². The molecule has 4 aromatic rings. The molecule has 3 aromatic carbocycles. The van der Waals surface area contributed by atoms with Crippen molar-refractivity contribution in [1.29, 1.82) is 0 Å². The van der Waals surface area contributed by atoms with Crippen LogP contribution >= 0.6 is 0 Å². The number of hydrogen-bond acceptors (Lipinski definition) is 6. The van der Waals surface area contributed by atoms with Crippen LogP contribution in [0.1, 0.15) is 5.56 Å². The average molecular weight is 461 g/mol. The van der Waals surface area contributed by atoms with Gasteiger partial charge in [-0.2, -0.15) is 4.31 Å². The van der Waals surface area contributed by atoms with Gasteiger partial charge in [-0.3, -0.25) is 0 Å². The smallest absolute Gasteiger partial charge is 0.243 e. The van der Waals surface area contributed by atoms with Crippen molar-refractivity contribution in [3.05, 3.63) is 84.4 Å². The van der Waals surface area contributed by atoms with Crippen molar-refractivity contribution in [2.75, 3.05) is 31.6 Å². The Morgan fingerprint density at radius 2 is 1.55 bits per heavy atom. The fourth-order valence-electron chi connectivity index (χ4n) is 3.93. The Hall–Kier alpha value is -3.33. The zero-order valence-corrected chi connectivity index (χ0v) is 18.8. The topological polar surface area (TPSA) is 84.4 Å². The maximum absolute atomic E-state index is 13.3. The van der Waals surface area contributed by atoms with E-state index >= 15 is 0 Å². The van der Waals surface area contributed by atoms with Crippen LogP contribution in [-0.2, 0) is 21.3 Å². The number of nitrogens with one attached hydrogen (secondary N) is 1. The van der Waals surface area contributed by atoms with Gasteiger partial charge >= 0.3 is 0 Å². The lowest BCUT2D eigenvalue weighted by Gasteiger charge is -2.27. The SMILES string of the molecule is O=S(=O)(c1ccccc1CNc1nc(-c2ccccc2)nc2ccccc12)N1CCOCC1. The second-order valence-corrected chi connectivity index (χ2v) is 9.66. The molecule has 5 rings (SSSR count). The normalized spacial score (nSPS) is 14.9. The Bertz CT molecular complexity index is 1370. The van der Waals surface area contributed by atoms with Crippen LogP contribution in [0.5, 0.6) is 0 Å². The highest BCUT2D eigenvalue weighted by molar-refractivity contribution is 7.89. The lowest BCUT2D eigenvalue weighted by Crippen LogP contribution is -2.41. The number of sulfonamides is 1. The molecule has 0 radical (unpaired) electrons. The molecule has 8 heteroatoms. The third-order valence-corrected chi connectivity index (χ3v) is 7.64. The number of hydrogen-bond donors (Lipinski definition) is 1. The summed E-state index contributed by atoms with van der Waals surface area (Å²) in [5, 5.41) is 4.25. The summed E-state index contributed by atoms with van der Waals surface area (Å²) >= 11 is 0. The quantitative estimate of drug-likeness (QED) is 0.469. The van der Waals surface area contributed by atoms with E-state index in [2.05, 4.69) is 5.32 Å². The highest BCUT2D eigenvalue weighted by Gasteiger charge is 2.28. The molecule has 0 amide bonds. The lowest BCUT2D eigenvalue weighted by molar-refractivity contribution is 0.0730. The van der Waals surface area contributed by atoms with E-state index in [1.165, 1.54) is 4.31 Å². The fourth-order valence-corrected chi connectivity index (χ4v) is 5.56. The van der Waals surface area contributed by atoms with E-state index in [1.807, 2.05) is 66.7 Å². The molecule has 0 atom stereocenters. The van der Waals surface area contributed by atoms with Crippen molar-refractivity contribution in [1.82, 2.24) is 14.3 Å². The van der Waals surface area contributed by atoms with Crippen molar-refractivity contribution in [2.24, 2.45) is 0 Å². The first kappa shape index (κ1) is 21.5. The Labute approximate surface area is 193 Å². The van der Waals surface area contributed by atoms with Gasteiger partial charge in [0.05, 0.1) is 23.6 Å². The first-order chi connectivity index (χ1) is 16.1. The number of aromatic nitrogens is 2. The van der Waals surface area contributed by atoms with Crippen LogP contribution in [0.4, 0.5) is 5.82 Å². The van der Waals surface area contributed by atoms with Gasteiger partial charge in [-0.1, -0.05) is 60.7 Å². The monoisotopic (exact) mass is 460 g/mol. The fraction of sp³-hybridized carbons (Fsp3) is 0.200. The standard InChI is InChI=1S/C25H24N4O3S/c30-33(31,29-14-16-32-17-15-29)23-13-7-4-10-20(23)18-26-25-21-11-5-6-12-22(21)27-24(28-25)19-8-2-1-3-9-19/h1-13H,14-18H2,(H,26,27,28). The van der Waals surface area contributed by atoms with Crippen molar-refractivity contribution in [3.63, 3.8) is 0 Å². The predicted molar refractivity (Wildman–Crippen MR) is 128 cm³/mol. The van der Waals surface area contributed by atoms with Crippen molar-refractivity contribution < 1.29 is 13.2 Å². The van der Waals surface area contributed by atoms with E-state index in [9.17, 15) is 8.42 Å². The third-order valence-electron chi connectivity index (χ3n) is 5.64. The largest absolute Gasteiger partial charge is 0.379 e. The van der Waals surface area contributed by atoms with Crippen molar-refractivity contribution in [3.8, 4) is 11.4 Å². The third kappa shape index (κ3) is 4.45. The molecule has 168 valence electrons. The van der Waals surface area contributed by atoms with E-state index in [-0.39, 0.29) is 0 Å². The minimum atomic E-state index is -3.61. The first-order valence-corrected chi connectivity index (χ1v) is 12.3. The van der Waals surface area contributed by atoms with Gasteiger partial charge in [-0.15, -0.1) is 0 Å². The number of benzene rings is 3. The summed E-state index contributed by atoms with van der Waals surface area (Å²) in [5.41, 5.74) is 2.43. The maximum Gasteiger partial charge on any atom is 0.243 e. The first-order valence-electron chi connectivity index (χ1n) is 10.8. The summed E-state index contributed by atoms with van der Waals surface area (Å²) in [7, 11) is -3.61. The van der Waals surface area contributed by atoms with Crippen molar-refractivity contribution in [2.45, 2.75) is 11.4 Å². The van der Waals surface area contributed by atoms with Gasteiger partial charge in [0.1, 0.15) is 5.82 Å². The Balaban J connectivity index is 1.49. The Kier molecular flexibility index (Phi) is 6.04. The summed E-state index contributed by atoms with van der Waals surface area (Å²) in [6.07, 6.45) is 0. The van der Waals surface area contributed by atoms with Gasteiger partial charge in [0.25, 0.3) is 0 Å². The minimum absolute atomic E-state index is 0.307. The molecule has 1 saturated heterocycles. The summed E-state index contributed by atoms with van der Waals surface area (Å²) in [5.74, 6) is 1.28. The number of fused-ring (bicyclic) bond motifs is 1. The molecule has 1 aromatic heterocycles. The second kappa shape index (κ2) is 9.27. The number of nitrogens with zero attached hydrogens (tertiary/aromatic N) is 3. The summed E-state index contributed by atoms with van der Waals surface area (Å²) in [4.78, 5) is 9.79. The molecule has 2 heterocycles. The van der Waals surface area contributed by atoms with E-state index in [0.717, 1.165) is 16.5 Å². The van der Waals surface area contributed by atoms with Crippen LogP contribution in [0.2, 0.25) is 0 Å². The van der Waals surface area contributed by atoms with Crippen molar-refractivity contribution >= 4 is 26.7 Å². The molecule has 33 heavy (non-hydrogen) atoms. The summed E-state index contributed by atoms with van der Waals surface area (Å²) in [6, 6.07) is 24.7. The molecular weight excluding hydrogens is 436 g/mol. The number of ether oxygens (including phenoxy) is 1. The molecule has 0 saturated carbocycles. The van der Waals surface area contributed by atoms with Gasteiger partial charge < -0.3 is 10.1 Å². The van der Waals surface area contributed by atoms with E-state index in [0.29, 0.717) is 54.9 Å². The molecule has 0 aliphatic carbocycles. The molecule has 0 spiro atoms. The molecule has 1 aliphatic heterocycles. The number of morpholine rings is 1. The molecule has 1 N–H and O–H groups in total. The highest BCUT2D eigenvalue weighted by atomic mass is 32.2. The minimum Gasteiger partial charge on any atom is -0.379 e. The van der Waals surface area contributed by atoms with Gasteiger partial charge in [0, 0.05) is 30.6 Å². The zero-order valence-electron chi connectivity index (χ0n) is 18.0. The zero-order chi connectivity index (χ0) is 22.7. The Morgan fingerprint density at radius 3 is 2.36 bits per heavy atom. The predicted octanol–water partition coefficient (Wildman–Crippen LogP) is 3.93. The van der Waals surface area contributed by atoms with Crippen LogP contribution in [0.25, 0.3) is 22.3 Å². The molecule has 1 aliphatic rings. The number of para-hydroxylation sites is 1. The van der Waals surface area contributed by atoms with Gasteiger partial charge in [0.2, 0.25) is 10.0 Å². The summed E-state index contributed by atoms with van der Waals surface area (Å²) in [6.45, 7) is 1.86. The van der Waals surface area contributed by atoms with Crippen LogP contribution in [-0.4, -0.2) is 49.0 Å². The van der Waals surface area contributed by atoms with Gasteiger partial charge in [-0.05, 0) is 23.8 Å². The number of anilines is 1. The second-order valence-electron chi connectivity index (χ2n) is 7.76. The number of rotatable bonds is 6. The molecule has 0 bridgehead atoms. The lowest BCUT2D eigenvalue weighted by atomic mass is 10.1. The van der Waals surface area contributed by atoms with E-state index < -0.39 is 10.0 Å². The van der Waals surface area contributed by atoms with E-state index in [4.69, 9.17) is 14.7 Å². The molecule has 0 unspecified atom stereocenters. The van der Waals surface area contributed by atoms with Gasteiger partial charge in [0.15, 0.2) is 5.82 Å². The molecule has 7 nitrogen and oxygen atoms in total. The van der Waals surface area contributed by atoms with Crippen LogP contribution < -0.4 is 5.32 Å².